The molecule has 144 valence electrons. The number of carbonyl (C=O) groups excluding carboxylic acids is 1. The van der Waals surface area contributed by atoms with E-state index in [-0.39, 0.29) is 18.5 Å². The summed E-state index contributed by atoms with van der Waals surface area (Å²) in [5.74, 6) is -0.333. The minimum absolute atomic E-state index is 0.00957. The fraction of sp³-hybridized carbons (Fsp3) is 0.429. The lowest BCUT2D eigenvalue weighted by molar-refractivity contribution is -0.0680. The Hall–Kier alpha value is -2.47. The molecule has 2 atom stereocenters. The van der Waals surface area contributed by atoms with Gasteiger partial charge in [0.1, 0.15) is 11.4 Å². The van der Waals surface area contributed by atoms with E-state index in [1.54, 1.807) is 23.2 Å². The van der Waals surface area contributed by atoms with Crippen molar-refractivity contribution >= 4 is 6.09 Å². The first-order chi connectivity index (χ1) is 12.9. The van der Waals surface area contributed by atoms with Crippen molar-refractivity contribution in [1.29, 1.82) is 0 Å². The number of cyclic esters (lactones) is 1. The number of aromatic nitrogens is 1. The van der Waals surface area contributed by atoms with Crippen LogP contribution in [0.25, 0.3) is 0 Å². The molecule has 1 aliphatic rings. The van der Waals surface area contributed by atoms with Gasteiger partial charge in [0.05, 0.1) is 6.04 Å². The van der Waals surface area contributed by atoms with Crippen LogP contribution in [0.3, 0.4) is 0 Å². The molecule has 0 bridgehead atoms. The molecule has 5 nitrogen and oxygen atoms in total. The number of aryl methyl sites for hydroxylation is 1. The largest absolute Gasteiger partial charge is 0.438 e. The standard InChI is InChI=1S/C21H25FN2O3/c1-15-4-5-17(14-23-15)16(2)24-12-11-21(10-3-13-25,27-20(24)26)18-6-8-19(22)9-7-18/h4-9,14,16,25H,3,10-13H2,1-2H3/t16-,21+/m0/s1. The fourth-order valence-corrected chi connectivity index (χ4v) is 3.57. The zero-order valence-electron chi connectivity index (χ0n) is 15.7. The van der Waals surface area contributed by atoms with Crippen molar-refractivity contribution in [3.05, 3.63) is 65.2 Å². The first-order valence-electron chi connectivity index (χ1n) is 9.24. The molecule has 0 radical (unpaired) electrons. The number of pyridine rings is 1. The van der Waals surface area contributed by atoms with Gasteiger partial charge in [-0.25, -0.2) is 9.18 Å². The zero-order chi connectivity index (χ0) is 19.4. The van der Waals surface area contributed by atoms with Gasteiger partial charge < -0.3 is 14.7 Å². The molecule has 1 saturated heterocycles. The Labute approximate surface area is 158 Å². The molecule has 1 aromatic carbocycles. The molecule has 1 amide bonds. The third-order valence-electron chi connectivity index (χ3n) is 5.27. The monoisotopic (exact) mass is 372 g/mol. The molecular weight excluding hydrogens is 347 g/mol. The van der Waals surface area contributed by atoms with Gasteiger partial charge in [-0.15, -0.1) is 0 Å². The second kappa shape index (κ2) is 8.05. The number of halogens is 1. The number of aliphatic hydroxyl groups is 1. The predicted octanol–water partition coefficient (Wildman–Crippen LogP) is 4.10. The van der Waals surface area contributed by atoms with Crippen molar-refractivity contribution < 1.29 is 19.0 Å². The van der Waals surface area contributed by atoms with Crippen molar-refractivity contribution in [1.82, 2.24) is 9.88 Å². The van der Waals surface area contributed by atoms with Crippen molar-refractivity contribution in [3.8, 4) is 0 Å². The summed E-state index contributed by atoms with van der Waals surface area (Å²) in [6.45, 7) is 4.39. The van der Waals surface area contributed by atoms with Crippen LogP contribution < -0.4 is 0 Å². The van der Waals surface area contributed by atoms with Gasteiger partial charge in [-0.3, -0.25) is 4.98 Å². The van der Waals surface area contributed by atoms with E-state index in [4.69, 9.17) is 4.74 Å². The van der Waals surface area contributed by atoms with Crippen LogP contribution in [-0.2, 0) is 10.3 Å². The normalized spacial score (nSPS) is 21.0. The molecule has 3 rings (SSSR count). The van der Waals surface area contributed by atoms with Gasteiger partial charge in [-0.2, -0.15) is 0 Å². The van der Waals surface area contributed by atoms with Crippen LogP contribution in [0.4, 0.5) is 9.18 Å². The summed E-state index contributed by atoms with van der Waals surface area (Å²) in [6.07, 6.45) is 2.95. The van der Waals surface area contributed by atoms with E-state index in [0.29, 0.717) is 25.8 Å². The lowest BCUT2D eigenvalue weighted by Gasteiger charge is -2.43. The van der Waals surface area contributed by atoms with Crippen LogP contribution in [-0.4, -0.2) is 34.2 Å². The quantitative estimate of drug-likeness (QED) is 0.829. The van der Waals surface area contributed by atoms with Gasteiger partial charge in [0, 0.05) is 31.5 Å². The second-order valence-electron chi connectivity index (χ2n) is 7.05. The molecular formula is C21H25FN2O3. The molecule has 0 aliphatic carbocycles. The highest BCUT2D eigenvalue weighted by atomic mass is 19.1. The average molecular weight is 372 g/mol. The number of ether oxygens (including phenoxy) is 1. The Kier molecular flexibility index (Phi) is 5.75. The van der Waals surface area contributed by atoms with E-state index >= 15 is 0 Å². The number of amides is 1. The van der Waals surface area contributed by atoms with Crippen LogP contribution in [0.1, 0.15) is 49.0 Å². The van der Waals surface area contributed by atoms with Gasteiger partial charge >= 0.3 is 6.09 Å². The maximum absolute atomic E-state index is 13.3. The number of hydrogen-bond donors (Lipinski definition) is 1. The van der Waals surface area contributed by atoms with Crippen LogP contribution >= 0.6 is 0 Å². The SMILES string of the molecule is Cc1ccc([C@H](C)N2CC[C@](CCCO)(c3ccc(F)cc3)OC2=O)cn1. The molecule has 2 heterocycles. The minimum Gasteiger partial charge on any atom is -0.438 e. The Morgan fingerprint density at radius 2 is 2.04 bits per heavy atom. The van der Waals surface area contributed by atoms with Gasteiger partial charge in [-0.1, -0.05) is 18.2 Å². The molecule has 1 aliphatic heterocycles. The number of nitrogens with zero attached hydrogens (tertiary/aromatic N) is 2. The molecule has 2 aromatic rings. The number of benzene rings is 1. The Bertz CT molecular complexity index is 779. The summed E-state index contributed by atoms with van der Waals surface area (Å²) in [5.41, 5.74) is 1.79. The van der Waals surface area contributed by atoms with Crippen molar-refractivity contribution in [3.63, 3.8) is 0 Å². The summed E-state index contributed by atoms with van der Waals surface area (Å²) in [6, 6.07) is 9.79. The summed E-state index contributed by atoms with van der Waals surface area (Å²) in [5, 5.41) is 9.26. The molecule has 1 N–H and O–H groups in total. The van der Waals surface area contributed by atoms with Gasteiger partial charge in [-0.05, 0) is 56.0 Å². The van der Waals surface area contributed by atoms with Crippen LogP contribution in [0, 0.1) is 12.7 Å². The van der Waals surface area contributed by atoms with E-state index in [1.165, 1.54) is 12.1 Å². The van der Waals surface area contributed by atoms with E-state index < -0.39 is 11.7 Å². The number of carbonyl (C=O) groups is 1. The highest BCUT2D eigenvalue weighted by Gasteiger charge is 2.43. The molecule has 1 fully saturated rings. The Morgan fingerprint density at radius 3 is 2.63 bits per heavy atom. The molecule has 27 heavy (non-hydrogen) atoms. The summed E-state index contributed by atoms with van der Waals surface area (Å²) < 4.78 is 19.2. The molecule has 0 unspecified atom stereocenters. The summed E-state index contributed by atoms with van der Waals surface area (Å²) in [7, 11) is 0. The number of aliphatic hydroxyl groups excluding tert-OH is 1. The van der Waals surface area contributed by atoms with Crippen molar-refractivity contribution in [2.45, 2.75) is 44.8 Å². The highest BCUT2D eigenvalue weighted by Crippen LogP contribution is 2.40. The topological polar surface area (TPSA) is 62.7 Å². The van der Waals surface area contributed by atoms with E-state index in [0.717, 1.165) is 16.8 Å². The smallest absolute Gasteiger partial charge is 0.411 e. The molecule has 6 heteroatoms. The second-order valence-corrected chi connectivity index (χ2v) is 7.05. The summed E-state index contributed by atoms with van der Waals surface area (Å²) in [4.78, 5) is 18.8. The Morgan fingerprint density at radius 1 is 1.30 bits per heavy atom. The van der Waals surface area contributed by atoms with E-state index in [2.05, 4.69) is 4.98 Å². The average Bonchev–Trinajstić information content (AvgIpc) is 2.67. The first-order valence-corrected chi connectivity index (χ1v) is 9.24. The predicted molar refractivity (Wildman–Crippen MR) is 99.6 cm³/mol. The van der Waals surface area contributed by atoms with Crippen molar-refractivity contribution in [2.75, 3.05) is 13.2 Å². The third kappa shape index (κ3) is 4.11. The van der Waals surface area contributed by atoms with E-state index in [1.807, 2.05) is 26.0 Å². The minimum atomic E-state index is -0.838. The first kappa shape index (κ1) is 19.3. The van der Waals surface area contributed by atoms with Crippen LogP contribution in [0.15, 0.2) is 42.6 Å². The van der Waals surface area contributed by atoms with Gasteiger partial charge in [0.25, 0.3) is 0 Å². The van der Waals surface area contributed by atoms with Crippen LogP contribution in [0.5, 0.6) is 0 Å². The Balaban J connectivity index is 1.81. The summed E-state index contributed by atoms with van der Waals surface area (Å²) >= 11 is 0. The highest BCUT2D eigenvalue weighted by molar-refractivity contribution is 5.70. The molecule has 0 saturated carbocycles. The zero-order valence-corrected chi connectivity index (χ0v) is 15.7. The maximum Gasteiger partial charge on any atom is 0.411 e. The molecule has 0 spiro atoms. The van der Waals surface area contributed by atoms with Crippen LogP contribution in [0.2, 0.25) is 0 Å². The fourth-order valence-electron chi connectivity index (χ4n) is 3.57. The van der Waals surface area contributed by atoms with Gasteiger partial charge in [0.2, 0.25) is 0 Å². The lowest BCUT2D eigenvalue weighted by atomic mass is 9.84. The number of rotatable bonds is 6. The van der Waals surface area contributed by atoms with E-state index in [9.17, 15) is 14.3 Å². The van der Waals surface area contributed by atoms with Gasteiger partial charge in [0.15, 0.2) is 0 Å². The lowest BCUT2D eigenvalue weighted by Crippen LogP contribution is -2.48. The third-order valence-corrected chi connectivity index (χ3v) is 5.27. The number of hydrogen-bond acceptors (Lipinski definition) is 4. The maximum atomic E-state index is 13.3. The molecule has 1 aromatic heterocycles. The van der Waals surface area contributed by atoms with Crippen molar-refractivity contribution in [2.24, 2.45) is 0 Å².